The van der Waals surface area contributed by atoms with E-state index in [1.807, 2.05) is 0 Å². The lowest BCUT2D eigenvalue weighted by atomic mass is 9.97. The van der Waals surface area contributed by atoms with Crippen molar-refractivity contribution in [2.24, 2.45) is 17.6 Å². The standard InChI is InChI=1S/C11H23NO2/c1-13-6-3-7-14-9-11-5-2-4-10(11)8-12/h10-11H,2-9,12H2,1H3. The SMILES string of the molecule is COCCCOCC1CCCC1CN. The first-order valence-electron chi connectivity index (χ1n) is 5.65. The summed E-state index contributed by atoms with van der Waals surface area (Å²) in [7, 11) is 1.72. The van der Waals surface area contributed by atoms with Crippen molar-refractivity contribution in [3.05, 3.63) is 0 Å². The molecule has 1 rings (SSSR count). The van der Waals surface area contributed by atoms with Crippen LogP contribution >= 0.6 is 0 Å². The van der Waals surface area contributed by atoms with Crippen molar-refractivity contribution in [1.29, 1.82) is 0 Å². The number of nitrogens with two attached hydrogens (primary N) is 1. The molecule has 0 spiro atoms. The van der Waals surface area contributed by atoms with Gasteiger partial charge in [-0.3, -0.25) is 0 Å². The molecule has 1 saturated carbocycles. The van der Waals surface area contributed by atoms with E-state index in [1.54, 1.807) is 7.11 Å². The average Bonchev–Trinajstić information content (AvgIpc) is 2.65. The Morgan fingerprint density at radius 2 is 2.00 bits per heavy atom. The van der Waals surface area contributed by atoms with E-state index in [0.717, 1.165) is 32.8 Å². The third-order valence-electron chi connectivity index (χ3n) is 3.09. The lowest BCUT2D eigenvalue weighted by molar-refractivity contribution is 0.0694. The largest absolute Gasteiger partial charge is 0.385 e. The molecule has 2 unspecified atom stereocenters. The molecule has 0 saturated heterocycles. The molecule has 3 heteroatoms. The highest BCUT2D eigenvalue weighted by Crippen LogP contribution is 2.30. The smallest absolute Gasteiger partial charge is 0.0497 e. The van der Waals surface area contributed by atoms with Gasteiger partial charge in [-0.05, 0) is 37.6 Å². The number of methoxy groups -OCH3 is 1. The maximum absolute atomic E-state index is 5.70. The molecule has 0 aromatic carbocycles. The summed E-state index contributed by atoms with van der Waals surface area (Å²) in [6.07, 6.45) is 4.92. The minimum atomic E-state index is 0.706. The summed E-state index contributed by atoms with van der Waals surface area (Å²) in [5.74, 6) is 1.42. The number of ether oxygens (including phenoxy) is 2. The highest BCUT2D eigenvalue weighted by Gasteiger charge is 2.25. The molecule has 1 aliphatic rings. The van der Waals surface area contributed by atoms with Crippen molar-refractivity contribution in [2.75, 3.05) is 33.5 Å². The summed E-state index contributed by atoms with van der Waals surface area (Å²) in [5, 5.41) is 0. The molecule has 3 nitrogen and oxygen atoms in total. The Morgan fingerprint density at radius 1 is 1.21 bits per heavy atom. The summed E-state index contributed by atoms with van der Waals surface area (Å²) in [6, 6.07) is 0. The molecular formula is C11H23NO2. The van der Waals surface area contributed by atoms with E-state index < -0.39 is 0 Å². The maximum Gasteiger partial charge on any atom is 0.0497 e. The second-order valence-electron chi connectivity index (χ2n) is 4.11. The summed E-state index contributed by atoms with van der Waals surface area (Å²) in [5.41, 5.74) is 5.70. The highest BCUT2D eigenvalue weighted by atomic mass is 16.5. The highest BCUT2D eigenvalue weighted by molar-refractivity contribution is 4.77. The van der Waals surface area contributed by atoms with E-state index >= 15 is 0 Å². The predicted molar refractivity (Wildman–Crippen MR) is 57.2 cm³/mol. The van der Waals surface area contributed by atoms with E-state index in [-0.39, 0.29) is 0 Å². The summed E-state index contributed by atoms with van der Waals surface area (Å²) < 4.78 is 10.6. The van der Waals surface area contributed by atoms with Crippen molar-refractivity contribution in [3.8, 4) is 0 Å². The Balaban J connectivity index is 2.00. The van der Waals surface area contributed by atoms with Crippen LogP contribution in [0.4, 0.5) is 0 Å². The Bertz CT molecular complexity index is 141. The van der Waals surface area contributed by atoms with Crippen molar-refractivity contribution in [1.82, 2.24) is 0 Å². The zero-order valence-corrected chi connectivity index (χ0v) is 9.21. The third kappa shape index (κ3) is 3.95. The zero-order chi connectivity index (χ0) is 10.2. The Morgan fingerprint density at radius 3 is 2.71 bits per heavy atom. The van der Waals surface area contributed by atoms with Crippen LogP contribution in [0.3, 0.4) is 0 Å². The maximum atomic E-state index is 5.70. The summed E-state index contributed by atoms with van der Waals surface area (Å²) >= 11 is 0. The van der Waals surface area contributed by atoms with E-state index in [1.165, 1.54) is 19.3 Å². The van der Waals surface area contributed by atoms with E-state index in [0.29, 0.717) is 11.8 Å². The van der Waals surface area contributed by atoms with Crippen molar-refractivity contribution < 1.29 is 9.47 Å². The van der Waals surface area contributed by atoms with Gasteiger partial charge in [-0.1, -0.05) is 6.42 Å². The Hall–Kier alpha value is -0.120. The minimum absolute atomic E-state index is 0.706. The zero-order valence-electron chi connectivity index (χ0n) is 9.21. The van der Waals surface area contributed by atoms with Gasteiger partial charge < -0.3 is 15.2 Å². The molecule has 0 aliphatic heterocycles. The van der Waals surface area contributed by atoms with Crippen LogP contribution in [0.15, 0.2) is 0 Å². The van der Waals surface area contributed by atoms with Crippen molar-refractivity contribution in [2.45, 2.75) is 25.7 Å². The number of hydrogen-bond acceptors (Lipinski definition) is 3. The number of hydrogen-bond donors (Lipinski definition) is 1. The van der Waals surface area contributed by atoms with E-state index in [2.05, 4.69) is 0 Å². The lowest BCUT2D eigenvalue weighted by Crippen LogP contribution is -2.22. The normalized spacial score (nSPS) is 27.0. The van der Waals surface area contributed by atoms with Crippen molar-refractivity contribution in [3.63, 3.8) is 0 Å². The first-order valence-corrected chi connectivity index (χ1v) is 5.65. The van der Waals surface area contributed by atoms with Gasteiger partial charge in [-0.2, -0.15) is 0 Å². The molecule has 0 amide bonds. The monoisotopic (exact) mass is 201 g/mol. The summed E-state index contributed by atoms with van der Waals surface area (Å²) in [4.78, 5) is 0. The quantitative estimate of drug-likeness (QED) is 0.633. The molecule has 14 heavy (non-hydrogen) atoms. The van der Waals surface area contributed by atoms with Gasteiger partial charge in [0.1, 0.15) is 0 Å². The first kappa shape index (κ1) is 12.0. The molecule has 0 aromatic rings. The van der Waals surface area contributed by atoms with Crippen LogP contribution in [0, 0.1) is 11.8 Å². The average molecular weight is 201 g/mol. The molecule has 84 valence electrons. The molecule has 1 aliphatic carbocycles. The van der Waals surface area contributed by atoms with Gasteiger partial charge in [-0.15, -0.1) is 0 Å². The van der Waals surface area contributed by atoms with E-state index in [9.17, 15) is 0 Å². The molecule has 0 aromatic heterocycles. The van der Waals surface area contributed by atoms with Gasteiger partial charge in [0.2, 0.25) is 0 Å². The fourth-order valence-electron chi connectivity index (χ4n) is 2.18. The number of rotatable bonds is 7. The molecule has 2 atom stereocenters. The second-order valence-corrected chi connectivity index (χ2v) is 4.11. The Labute approximate surface area is 86.9 Å². The summed E-state index contributed by atoms with van der Waals surface area (Å²) in [6.45, 7) is 3.34. The minimum Gasteiger partial charge on any atom is -0.385 e. The molecule has 2 N–H and O–H groups in total. The third-order valence-corrected chi connectivity index (χ3v) is 3.09. The molecule has 0 radical (unpaired) electrons. The lowest BCUT2D eigenvalue weighted by Gasteiger charge is -2.17. The van der Waals surface area contributed by atoms with Crippen LogP contribution in [-0.2, 0) is 9.47 Å². The van der Waals surface area contributed by atoms with Gasteiger partial charge in [0.25, 0.3) is 0 Å². The van der Waals surface area contributed by atoms with Crippen LogP contribution < -0.4 is 5.73 Å². The first-order chi connectivity index (χ1) is 6.88. The van der Waals surface area contributed by atoms with Gasteiger partial charge in [0.05, 0.1) is 0 Å². The topological polar surface area (TPSA) is 44.5 Å². The fourth-order valence-corrected chi connectivity index (χ4v) is 2.18. The van der Waals surface area contributed by atoms with Gasteiger partial charge in [0.15, 0.2) is 0 Å². The predicted octanol–water partition coefficient (Wildman–Crippen LogP) is 1.41. The van der Waals surface area contributed by atoms with E-state index in [4.69, 9.17) is 15.2 Å². The molecule has 1 fully saturated rings. The Kier molecular flexibility index (Phi) is 6.15. The molecule has 0 heterocycles. The fraction of sp³-hybridized carbons (Fsp3) is 1.00. The van der Waals surface area contributed by atoms with Crippen LogP contribution in [0.1, 0.15) is 25.7 Å². The van der Waals surface area contributed by atoms with Crippen LogP contribution in [0.5, 0.6) is 0 Å². The van der Waals surface area contributed by atoms with Crippen LogP contribution in [0.25, 0.3) is 0 Å². The van der Waals surface area contributed by atoms with Gasteiger partial charge in [0, 0.05) is 26.9 Å². The van der Waals surface area contributed by atoms with Crippen LogP contribution in [-0.4, -0.2) is 33.5 Å². The van der Waals surface area contributed by atoms with Crippen LogP contribution in [0.2, 0.25) is 0 Å². The second kappa shape index (κ2) is 7.21. The van der Waals surface area contributed by atoms with Gasteiger partial charge in [-0.25, -0.2) is 0 Å². The van der Waals surface area contributed by atoms with Crippen molar-refractivity contribution >= 4 is 0 Å². The van der Waals surface area contributed by atoms with Gasteiger partial charge >= 0.3 is 0 Å². The molecular weight excluding hydrogens is 178 g/mol. The molecule has 0 bridgehead atoms.